The summed E-state index contributed by atoms with van der Waals surface area (Å²) < 4.78 is 1.06. The molecule has 0 N–H and O–H groups in total. The minimum absolute atomic E-state index is 0. The van der Waals surface area contributed by atoms with E-state index in [1.165, 1.54) is 23.5 Å². The van der Waals surface area contributed by atoms with Crippen molar-refractivity contribution in [1.82, 2.24) is 9.97 Å². The Kier molecular flexibility index (Phi) is 15.6. The van der Waals surface area contributed by atoms with Crippen molar-refractivity contribution in [2.75, 3.05) is 12.5 Å². The molecular formula is C18H20CoN6S4. The molecule has 2 aromatic heterocycles. The second-order valence-corrected chi connectivity index (χ2v) is 7.82. The molecule has 6 nitrogen and oxygen atoms in total. The Morgan fingerprint density at radius 1 is 0.724 bits per heavy atom. The predicted molar refractivity (Wildman–Crippen MR) is 130 cm³/mol. The molecule has 0 saturated carbocycles. The number of hydrogen-bond donors (Lipinski definition) is 0. The van der Waals surface area contributed by atoms with Crippen LogP contribution in [0.4, 0.5) is 0 Å². The molecule has 155 valence electrons. The zero-order valence-corrected chi connectivity index (χ0v) is 20.6. The standard InChI is InChI=1S/2C9H11N3S2.Co/c2*1-7(11-12-9(13)14-2)8-5-3-4-6-10-8;/h2*3-6H,1-2H3,(H,12,13);/q;;+2/p-2/b2*11-7+;. The van der Waals surface area contributed by atoms with Crippen LogP contribution in [0.15, 0.2) is 69.2 Å². The van der Waals surface area contributed by atoms with Crippen LogP contribution in [0.3, 0.4) is 0 Å². The van der Waals surface area contributed by atoms with Crippen LogP contribution < -0.4 is 0 Å². The number of pyridine rings is 2. The predicted octanol–water partition coefficient (Wildman–Crippen LogP) is 4.14. The molecule has 0 spiro atoms. The first-order valence-electron chi connectivity index (χ1n) is 7.97. The van der Waals surface area contributed by atoms with E-state index in [0.29, 0.717) is 8.75 Å². The van der Waals surface area contributed by atoms with Crippen LogP contribution >= 0.6 is 23.5 Å². The number of thioether (sulfide) groups is 2. The van der Waals surface area contributed by atoms with Gasteiger partial charge in [0, 0.05) is 12.4 Å². The summed E-state index contributed by atoms with van der Waals surface area (Å²) in [5.41, 5.74) is 3.17. The average Bonchev–Trinajstić information content (AvgIpc) is 2.76. The third-order valence-electron chi connectivity index (χ3n) is 2.98. The van der Waals surface area contributed by atoms with Gasteiger partial charge in [0.1, 0.15) is 0 Å². The normalized spacial score (nSPS) is 12.6. The van der Waals surface area contributed by atoms with E-state index in [1.54, 1.807) is 12.4 Å². The molecule has 0 aliphatic rings. The molecule has 0 atom stereocenters. The molecule has 2 rings (SSSR count). The van der Waals surface area contributed by atoms with Gasteiger partial charge in [-0.3, -0.25) is 9.97 Å². The van der Waals surface area contributed by atoms with Gasteiger partial charge >= 0.3 is 16.8 Å². The van der Waals surface area contributed by atoms with E-state index in [-0.39, 0.29) is 16.8 Å². The van der Waals surface area contributed by atoms with Gasteiger partial charge in [0.15, 0.2) is 0 Å². The van der Waals surface area contributed by atoms with Crippen LogP contribution in [-0.4, -0.2) is 42.7 Å². The van der Waals surface area contributed by atoms with E-state index < -0.39 is 0 Å². The van der Waals surface area contributed by atoms with Crippen molar-refractivity contribution in [3.05, 3.63) is 60.2 Å². The van der Waals surface area contributed by atoms with Crippen molar-refractivity contribution in [2.45, 2.75) is 13.8 Å². The molecular weight excluding hydrogens is 487 g/mol. The fourth-order valence-electron chi connectivity index (χ4n) is 1.57. The van der Waals surface area contributed by atoms with Crippen LogP contribution in [-0.2, 0) is 42.0 Å². The van der Waals surface area contributed by atoms with Gasteiger partial charge in [0.25, 0.3) is 0 Å². The molecule has 2 aromatic rings. The molecule has 0 fully saturated rings. The summed E-state index contributed by atoms with van der Waals surface area (Å²) in [6.45, 7) is 3.71. The van der Waals surface area contributed by atoms with E-state index in [9.17, 15) is 0 Å². The monoisotopic (exact) mass is 507 g/mol. The average molecular weight is 508 g/mol. The number of nitrogens with zero attached hydrogens (tertiary/aromatic N) is 6. The van der Waals surface area contributed by atoms with E-state index in [4.69, 9.17) is 25.3 Å². The molecule has 2 heterocycles. The Labute approximate surface area is 201 Å². The molecule has 11 heteroatoms. The molecule has 1 radical (unpaired) electrons. The van der Waals surface area contributed by atoms with Crippen molar-refractivity contribution in [3.8, 4) is 0 Å². The topological polar surface area (TPSA) is 75.2 Å². The Morgan fingerprint density at radius 2 is 1.10 bits per heavy atom. The number of hydrogen-bond acceptors (Lipinski definition) is 10. The molecule has 29 heavy (non-hydrogen) atoms. The number of aromatic nitrogens is 2. The molecule has 0 bridgehead atoms. The van der Waals surface area contributed by atoms with Gasteiger partial charge in [0.05, 0.1) is 22.8 Å². The molecule has 0 aromatic carbocycles. The van der Waals surface area contributed by atoms with Crippen molar-refractivity contribution >= 4 is 69.0 Å². The molecule has 0 saturated heterocycles. The SMILES string of the molecule is CS/C([S-])=N/N=C(\C)c1ccccn1.CS/C([S-])=N/N=C(\C)c1ccccn1.[Co+2]. The van der Waals surface area contributed by atoms with Crippen molar-refractivity contribution in [3.63, 3.8) is 0 Å². The van der Waals surface area contributed by atoms with Gasteiger partial charge in [0.2, 0.25) is 0 Å². The second kappa shape index (κ2) is 16.4. The molecule has 0 amide bonds. The Hall–Kier alpha value is -1.37. The minimum Gasteiger partial charge on any atom is -0.752 e. The largest absolute Gasteiger partial charge is 2.00 e. The maximum atomic E-state index is 4.89. The van der Waals surface area contributed by atoms with Crippen LogP contribution in [0.25, 0.3) is 0 Å². The summed E-state index contributed by atoms with van der Waals surface area (Å²) in [6, 6.07) is 11.3. The minimum atomic E-state index is 0. The zero-order valence-electron chi connectivity index (χ0n) is 16.3. The van der Waals surface area contributed by atoms with Gasteiger partial charge in [-0.25, -0.2) is 0 Å². The zero-order chi connectivity index (χ0) is 20.8. The van der Waals surface area contributed by atoms with Crippen molar-refractivity contribution < 1.29 is 16.8 Å². The van der Waals surface area contributed by atoms with Crippen LogP contribution in [0.2, 0.25) is 0 Å². The summed E-state index contributed by atoms with van der Waals surface area (Å²) in [5.74, 6) is 0. The first kappa shape index (κ1) is 27.6. The summed E-state index contributed by atoms with van der Waals surface area (Å²) in [5, 5.41) is 15.7. The summed E-state index contributed by atoms with van der Waals surface area (Å²) >= 11 is 12.6. The summed E-state index contributed by atoms with van der Waals surface area (Å²) in [4.78, 5) is 8.28. The first-order chi connectivity index (χ1) is 13.5. The van der Waals surface area contributed by atoms with Crippen LogP contribution in [0.1, 0.15) is 25.2 Å². The number of rotatable bonds is 4. The fourth-order valence-corrected chi connectivity index (χ4v) is 1.90. The second-order valence-electron chi connectivity index (χ2n) is 4.94. The van der Waals surface area contributed by atoms with Gasteiger partial charge in [-0.15, -0.1) is 23.5 Å². The van der Waals surface area contributed by atoms with E-state index in [2.05, 4.69) is 30.4 Å². The maximum Gasteiger partial charge on any atom is 2.00 e. The van der Waals surface area contributed by atoms with Crippen LogP contribution in [0.5, 0.6) is 0 Å². The fraction of sp³-hybridized carbons (Fsp3) is 0.222. The summed E-state index contributed by atoms with van der Waals surface area (Å²) in [7, 11) is 0. The summed E-state index contributed by atoms with van der Waals surface area (Å²) in [6.07, 6.45) is 7.19. The van der Waals surface area contributed by atoms with Crippen LogP contribution in [0, 0.1) is 0 Å². The van der Waals surface area contributed by atoms with E-state index >= 15 is 0 Å². The third-order valence-corrected chi connectivity index (χ3v) is 5.01. The van der Waals surface area contributed by atoms with Gasteiger partial charge in [-0.05, 0) is 59.4 Å². The van der Waals surface area contributed by atoms with E-state index in [0.717, 1.165) is 22.8 Å². The third kappa shape index (κ3) is 12.0. The Bertz CT molecular complexity index is 770. The van der Waals surface area contributed by atoms with Gasteiger partial charge in [-0.2, -0.15) is 20.4 Å². The van der Waals surface area contributed by atoms with Gasteiger partial charge in [-0.1, -0.05) is 12.1 Å². The molecule has 0 aliphatic carbocycles. The van der Waals surface area contributed by atoms with Crippen molar-refractivity contribution in [2.24, 2.45) is 20.4 Å². The van der Waals surface area contributed by atoms with Gasteiger partial charge < -0.3 is 25.3 Å². The van der Waals surface area contributed by atoms with Crippen molar-refractivity contribution in [1.29, 1.82) is 0 Å². The Morgan fingerprint density at radius 3 is 1.38 bits per heavy atom. The Balaban J connectivity index is 0.000000523. The molecule has 0 unspecified atom stereocenters. The molecule has 0 aliphatic heterocycles. The smallest absolute Gasteiger partial charge is 0.752 e. The quantitative estimate of drug-likeness (QED) is 0.268. The maximum absolute atomic E-state index is 4.89. The van der Waals surface area contributed by atoms with E-state index in [1.807, 2.05) is 62.8 Å². The first-order valence-corrected chi connectivity index (χ1v) is 11.2.